The molecule has 100 valence electrons. The highest BCUT2D eigenvalue weighted by molar-refractivity contribution is 6.31. The molecule has 2 aromatic carbocycles. The standard InChI is InChI=1S/C15H17ClN2O/c1-15(10-19,11-5-3-2-4-6-11)18-14-8-7-12(16)9-13(14)17/h2-9,18-19H,10,17H2,1H3. The summed E-state index contributed by atoms with van der Waals surface area (Å²) in [6.45, 7) is 1.88. The molecule has 0 radical (unpaired) electrons. The minimum atomic E-state index is -0.594. The maximum atomic E-state index is 9.72. The summed E-state index contributed by atoms with van der Waals surface area (Å²) in [5.41, 5.74) is 7.64. The Morgan fingerprint density at radius 3 is 2.47 bits per heavy atom. The van der Waals surface area contributed by atoms with E-state index in [2.05, 4.69) is 5.32 Å². The molecule has 4 N–H and O–H groups in total. The number of rotatable bonds is 4. The fraction of sp³-hybridized carbons (Fsp3) is 0.200. The molecule has 19 heavy (non-hydrogen) atoms. The lowest BCUT2D eigenvalue weighted by Crippen LogP contribution is -2.36. The van der Waals surface area contributed by atoms with Gasteiger partial charge in [0.25, 0.3) is 0 Å². The topological polar surface area (TPSA) is 58.3 Å². The number of anilines is 2. The highest BCUT2D eigenvalue weighted by atomic mass is 35.5. The molecule has 0 bridgehead atoms. The molecule has 1 atom stereocenters. The molecule has 0 aliphatic heterocycles. The van der Waals surface area contributed by atoms with Gasteiger partial charge in [0.15, 0.2) is 0 Å². The van der Waals surface area contributed by atoms with Gasteiger partial charge in [0.05, 0.1) is 23.5 Å². The van der Waals surface area contributed by atoms with Crippen molar-refractivity contribution in [2.75, 3.05) is 17.7 Å². The Morgan fingerprint density at radius 1 is 1.21 bits per heavy atom. The molecule has 0 fully saturated rings. The lowest BCUT2D eigenvalue weighted by Gasteiger charge is -2.31. The van der Waals surface area contributed by atoms with Gasteiger partial charge in [-0.25, -0.2) is 0 Å². The van der Waals surface area contributed by atoms with Crippen LogP contribution in [-0.2, 0) is 5.54 Å². The second-order valence-electron chi connectivity index (χ2n) is 4.71. The van der Waals surface area contributed by atoms with Crippen molar-refractivity contribution in [1.29, 1.82) is 0 Å². The van der Waals surface area contributed by atoms with Crippen molar-refractivity contribution in [3.8, 4) is 0 Å². The number of nitrogens with one attached hydrogen (secondary N) is 1. The van der Waals surface area contributed by atoms with Crippen LogP contribution in [0.2, 0.25) is 5.02 Å². The summed E-state index contributed by atoms with van der Waals surface area (Å²) in [6.07, 6.45) is 0. The molecule has 0 spiro atoms. The lowest BCUT2D eigenvalue weighted by molar-refractivity contribution is 0.224. The minimum absolute atomic E-state index is 0.0426. The number of hydrogen-bond acceptors (Lipinski definition) is 3. The Labute approximate surface area is 118 Å². The molecule has 0 aromatic heterocycles. The monoisotopic (exact) mass is 276 g/mol. The number of nitrogen functional groups attached to an aromatic ring is 1. The van der Waals surface area contributed by atoms with Crippen molar-refractivity contribution < 1.29 is 5.11 Å². The highest BCUT2D eigenvalue weighted by Gasteiger charge is 2.25. The summed E-state index contributed by atoms with van der Waals surface area (Å²) in [5.74, 6) is 0. The van der Waals surface area contributed by atoms with Crippen LogP contribution in [0.1, 0.15) is 12.5 Å². The quantitative estimate of drug-likeness (QED) is 0.752. The van der Waals surface area contributed by atoms with Crippen LogP contribution >= 0.6 is 11.6 Å². The molecule has 4 heteroatoms. The second-order valence-corrected chi connectivity index (χ2v) is 5.15. The van der Waals surface area contributed by atoms with E-state index in [1.54, 1.807) is 12.1 Å². The Balaban J connectivity index is 2.33. The van der Waals surface area contributed by atoms with Crippen LogP contribution < -0.4 is 11.1 Å². The molecule has 0 aliphatic carbocycles. The fourth-order valence-electron chi connectivity index (χ4n) is 1.95. The molecular weight excluding hydrogens is 260 g/mol. The van der Waals surface area contributed by atoms with Crippen LogP contribution in [0.3, 0.4) is 0 Å². The van der Waals surface area contributed by atoms with E-state index in [0.29, 0.717) is 10.7 Å². The first-order valence-corrected chi connectivity index (χ1v) is 6.42. The van der Waals surface area contributed by atoms with E-state index in [1.807, 2.05) is 43.3 Å². The number of hydrogen-bond donors (Lipinski definition) is 3. The summed E-state index contributed by atoms with van der Waals surface area (Å²) < 4.78 is 0. The van der Waals surface area contributed by atoms with Crippen molar-refractivity contribution in [2.45, 2.75) is 12.5 Å². The summed E-state index contributed by atoms with van der Waals surface area (Å²) >= 11 is 5.88. The predicted octanol–water partition coefficient (Wildman–Crippen LogP) is 3.24. The maximum absolute atomic E-state index is 9.72. The molecule has 0 heterocycles. The number of nitrogens with two attached hydrogens (primary N) is 1. The zero-order valence-electron chi connectivity index (χ0n) is 10.7. The average Bonchev–Trinajstić information content (AvgIpc) is 2.43. The van der Waals surface area contributed by atoms with Gasteiger partial charge in [-0.1, -0.05) is 41.9 Å². The number of halogens is 1. The third-order valence-corrected chi connectivity index (χ3v) is 3.39. The van der Waals surface area contributed by atoms with E-state index >= 15 is 0 Å². The van der Waals surface area contributed by atoms with Gasteiger partial charge in [0.2, 0.25) is 0 Å². The smallest absolute Gasteiger partial charge is 0.0829 e. The van der Waals surface area contributed by atoms with Crippen LogP contribution in [0.15, 0.2) is 48.5 Å². The summed E-state index contributed by atoms with van der Waals surface area (Å²) in [5, 5.41) is 13.6. The highest BCUT2D eigenvalue weighted by Crippen LogP contribution is 2.30. The van der Waals surface area contributed by atoms with E-state index in [1.165, 1.54) is 0 Å². The van der Waals surface area contributed by atoms with Gasteiger partial charge >= 0.3 is 0 Å². The van der Waals surface area contributed by atoms with Gasteiger partial charge < -0.3 is 16.2 Å². The third kappa shape index (κ3) is 3.00. The third-order valence-electron chi connectivity index (χ3n) is 3.15. The lowest BCUT2D eigenvalue weighted by atomic mass is 9.92. The molecule has 2 rings (SSSR count). The molecule has 2 aromatic rings. The molecule has 0 saturated carbocycles. The van der Waals surface area contributed by atoms with E-state index < -0.39 is 5.54 Å². The van der Waals surface area contributed by atoms with Crippen molar-refractivity contribution in [3.05, 3.63) is 59.1 Å². The van der Waals surface area contributed by atoms with E-state index in [4.69, 9.17) is 17.3 Å². The SMILES string of the molecule is CC(CO)(Nc1ccc(Cl)cc1N)c1ccccc1. The van der Waals surface area contributed by atoms with Crippen LogP contribution in [0.5, 0.6) is 0 Å². The van der Waals surface area contributed by atoms with Gasteiger partial charge in [0.1, 0.15) is 0 Å². The van der Waals surface area contributed by atoms with Gasteiger partial charge in [-0.2, -0.15) is 0 Å². The van der Waals surface area contributed by atoms with Crippen LogP contribution in [0.25, 0.3) is 0 Å². The Kier molecular flexibility index (Phi) is 3.98. The largest absolute Gasteiger partial charge is 0.397 e. The average molecular weight is 277 g/mol. The molecule has 0 saturated heterocycles. The van der Waals surface area contributed by atoms with Crippen LogP contribution in [0.4, 0.5) is 11.4 Å². The second kappa shape index (κ2) is 5.51. The van der Waals surface area contributed by atoms with Crippen LogP contribution in [-0.4, -0.2) is 11.7 Å². The first kappa shape index (κ1) is 13.7. The van der Waals surface area contributed by atoms with Gasteiger partial charge in [-0.15, -0.1) is 0 Å². The van der Waals surface area contributed by atoms with Gasteiger partial charge in [0, 0.05) is 5.02 Å². The van der Waals surface area contributed by atoms with Gasteiger partial charge in [-0.05, 0) is 30.7 Å². The maximum Gasteiger partial charge on any atom is 0.0829 e. The van der Waals surface area contributed by atoms with E-state index in [0.717, 1.165) is 11.3 Å². The fourth-order valence-corrected chi connectivity index (χ4v) is 2.13. The zero-order valence-corrected chi connectivity index (χ0v) is 11.5. The minimum Gasteiger partial charge on any atom is -0.397 e. The molecule has 0 amide bonds. The first-order chi connectivity index (χ1) is 9.05. The summed E-state index contributed by atoms with van der Waals surface area (Å²) in [4.78, 5) is 0. The first-order valence-electron chi connectivity index (χ1n) is 6.05. The Morgan fingerprint density at radius 2 is 1.89 bits per heavy atom. The Hall–Kier alpha value is -1.71. The van der Waals surface area contributed by atoms with E-state index in [-0.39, 0.29) is 6.61 Å². The number of benzene rings is 2. The van der Waals surface area contributed by atoms with Crippen molar-refractivity contribution in [3.63, 3.8) is 0 Å². The normalized spacial score (nSPS) is 13.8. The molecule has 0 aliphatic rings. The number of aliphatic hydroxyl groups excluding tert-OH is 1. The van der Waals surface area contributed by atoms with Gasteiger partial charge in [-0.3, -0.25) is 0 Å². The summed E-state index contributed by atoms with van der Waals surface area (Å²) in [6, 6.07) is 15.0. The summed E-state index contributed by atoms with van der Waals surface area (Å²) in [7, 11) is 0. The molecule has 3 nitrogen and oxygen atoms in total. The zero-order chi connectivity index (χ0) is 13.9. The Bertz CT molecular complexity index is 559. The van der Waals surface area contributed by atoms with Crippen molar-refractivity contribution in [2.24, 2.45) is 0 Å². The molecule has 1 unspecified atom stereocenters. The molecular formula is C15H17ClN2O. The van der Waals surface area contributed by atoms with E-state index in [9.17, 15) is 5.11 Å². The number of aliphatic hydroxyl groups is 1. The predicted molar refractivity (Wildman–Crippen MR) is 80.4 cm³/mol. The van der Waals surface area contributed by atoms with Crippen molar-refractivity contribution in [1.82, 2.24) is 0 Å². The van der Waals surface area contributed by atoms with Crippen molar-refractivity contribution >= 4 is 23.0 Å². The van der Waals surface area contributed by atoms with Crippen LogP contribution in [0, 0.1) is 0 Å².